The van der Waals surface area contributed by atoms with Gasteiger partial charge in [0.2, 0.25) is 0 Å². The lowest BCUT2D eigenvalue weighted by molar-refractivity contribution is -0.137. The van der Waals surface area contributed by atoms with Gasteiger partial charge in [-0.2, -0.15) is 24.9 Å². The van der Waals surface area contributed by atoms with Gasteiger partial charge in [-0.25, -0.2) is 0 Å². The normalized spacial score (nSPS) is 11.2. The monoisotopic (exact) mass is 309 g/mol. The fourth-order valence-electron chi connectivity index (χ4n) is 1.18. The summed E-state index contributed by atoms with van der Waals surface area (Å²) in [7, 11) is 1.73. The molecule has 0 atom stereocenters. The minimum absolute atomic E-state index is 0.576. The molecule has 8 heteroatoms. The molecule has 0 radical (unpaired) electrons. The molecule has 0 amide bonds. The van der Waals surface area contributed by atoms with Crippen LogP contribution in [0.25, 0.3) is 0 Å². The number of pyridine rings is 1. The molecule has 0 fully saturated rings. The SMILES string of the molecule is CNC(=S)NCCSCc1ccc(C(F)(F)F)cn1. The van der Waals surface area contributed by atoms with Crippen molar-refractivity contribution in [3.8, 4) is 0 Å². The Kier molecular flexibility index (Phi) is 6.36. The number of nitrogens with one attached hydrogen (secondary N) is 2. The summed E-state index contributed by atoms with van der Waals surface area (Å²) in [4.78, 5) is 3.79. The zero-order valence-electron chi connectivity index (χ0n) is 10.3. The molecule has 0 bridgehead atoms. The summed E-state index contributed by atoms with van der Waals surface area (Å²) in [5.74, 6) is 1.37. The molecule has 0 saturated carbocycles. The Balaban J connectivity index is 2.29. The van der Waals surface area contributed by atoms with Crippen molar-refractivity contribution in [2.75, 3.05) is 19.3 Å². The molecule has 1 heterocycles. The minimum Gasteiger partial charge on any atom is -0.366 e. The molecule has 1 aromatic rings. The quantitative estimate of drug-likeness (QED) is 0.645. The lowest BCUT2D eigenvalue weighted by Gasteiger charge is -2.08. The van der Waals surface area contributed by atoms with E-state index in [-0.39, 0.29) is 0 Å². The van der Waals surface area contributed by atoms with Crippen molar-refractivity contribution in [3.63, 3.8) is 0 Å². The van der Waals surface area contributed by atoms with E-state index in [1.807, 2.05) is 0 Å². The van der Waals surface area contributed by atoms with Crippen molar-refractivity contribution in [1.29, 1.82) is 0 Å². The van der Waals surface area contributed by atoms with Crippen molar-refractivity contribution in [2.45, 2.75) is 11.9 Å². The first-order valence-corrected chi connectivity index (χ1v) is 7.05. The minimum atomic E-state index is -4.33. The molecule has 2 N–H and O–H groups in total. The molecule has 0 saturated heterocycles. The third-order valence-corrected chi connectivity index (χ3v) is 3.50. The van der Waals surface area contributed by atoms with Gasteiger partial charge in [0.25, 0.3) is 0 Å². The van der Waals surface area contributed by atoms with Crippen LogP contribution in [-0.2, 0) is 11.9 Å². The number of hydrogen-bond acceptors (Lipinski definition) is 3. The Morgan fingerprint density at radius 1 is 1.42 bits per heavy atom. The highest BCUT2D eigenvalue weighted by Gasteiger charge is 2.30. The smallest absolute Gasteiger partial charge is 0.366 e. The number of thiocarbonyl (C=S) groups is 1. The highest BCUT2D eigenvalue weighted by atomic mass is 32.2. The third-order valence-electron chi connectivity index (χ3n) is 2.16. The molecule has 0 aliphatic carbocycles. The summed E-state index contributed by atoms with van der Waals surface area (Å²) in [6.45, 7) is 0.699. The second-order valence-electron chi connectivity index (χ2n) is 3.59. The Hall–Kier alpha value is -1.02. The van der Waals surface area contributed by atoms with Crippen molar-refractivity contribution >= 4 is 29.1 Å². The molecule has 0 aliphatic rings. The third kappa shape index (κ3) is 6.11. The topological polar surface area (TPSA) is 37.0 Å². The van der Waals surface area contributed by atoms with E-state index < -0.39 is 11.7 Å². The summed E-state index contributed by atoms with van der Waals surface area (Å²) >= 11 is 6.48. The summed E-state index contributed by atoms with van der Waals surface area (Å²) < 4.78 is 36.9. The number of aromatic nitrogens is 1. The van der Waals surface area contributed by atoms with Crippen LogP contribution in [0.1, 0.15) is 11.3 Å². The molecular weight excluding hydrogens is 295 g/mol. The fourth-order valence-corrected chi connectivity index (χ4v) is 2.05. The van der Waals surface area contributed by atoms with Gasteiger partial charge in [0.05, 0.1) is 11.3 Å². The molecule has 106 valence electrons. The maximum atomic E-state index is 12.3. The second-order valence-corrected chi connectivity index (χ2v) is 5.11. The lowest BCUT2D eigenvalue weighted by atomic mass is 10.2. The highest BCUT2D eigenvalue weighted by Crippen LogP contribution is 2.28. The maximum absolute atomic E-state index is 12.3. The van der Waals surface area contributed by atoms with Crippen LogP contribution in [0.3, 0.4) is 0 Å². The van der Waals surface area contributed by atoms with E-state index in [1.165, 1.54) is 6.07 Å². The van der Waals surface area contributed by atoms with E-state index in [0.29, 0.717) is 23.1 Å². The van der Waals surface area contributed by atoms with Gasteiger partial charge in [0.1, 0.15) is 0 Å². The molecule has 0 spiro atoms. The van der Waals surface area contributed by atoms with Gasteiger partial charge in [-0.3, -0.25) is 4.98 Å². The van der Waals surface area contributed by atoms with Crippen molar-refractivity contribution < 1.29 is 13.2 Å². The number of nitrogens with zero attached hydrogens (tertiary/aromatic N) is 1. The van der Waals surface area contributed by atoms with Crippen LogP contribution in [0.5, 0.6) is 0 Å². The van der Waals surface area contributed by atoms with E-state index in [1.54, 1.807) is 18.8 Å². The number of hydrogen-bond donors (Lipinski definition) is 2. The Morgan fingerprint density at radius 2 is 2.16 bits per heavy atom. The molecule has 0 unspecified atom stereocenters. The molecule has 3 nitrogen and oxygen atoms in total. The van der Waals surface area contributed by atoms with Crippen LogP contribution in [0.15, 0.2) is 18.3 Å². The largest absolute Gasteiger partial charge is 0.417 e. The Morgan fingerprint density at radius 3 is 2.68 bits per heavy atom. The predicted molar refractivity (Wildman–Crippen MR) is 75.1 cm³/mol. The first-order chi connectivity index (χ1) is 8.93. The number of thioether (sulfide) groups is 1. The van der Waals surface area contributed by atoms with Gasteiger partial charge in [-0.1, -0.05) is 0 Å². The zero-order chi connectivity index (χ0) is 14.3. The van der Waals surface area contributed by atoms with Gasteiger partial charge in [0, 0.05) is 31.3 Å². The van der Waals surface area contributed by atoms with E-state index in [9.17, 15) is 13.2 Å². The van der Waals surface area contributed by atoms with E-state index in [4.69, 9.17) is 12.2 Å². The van der Waals surface area contributed by atoms with E-state index in [0.717, 1.165) is 18.0 Å². The molecular formula is C11H14F3N3S2. The van der Waals surface area contributed by atoms with Crippen molar-refractivity contribution in [2.24, 2.45) is 0 Å². The van der Waals surface area contributed by atoms with Gasteiger partial charge in [-0.15, -0.1) is 0 Å². The Labute approximate surface area is 119 Å². The van der Waals surface area contributed by atoms with Gasteiger partial charge in [0.15, 0.2) is 5.11 Å². The van der Waals surface area contributed by atoms with Crippen molar-refractivity contribution in [1.82, 2.24) is 15.6 Å². The molecule has 0 aromatic carbocycles. The van der Waals surface area contributed by atoms with E-state index in [2.05, 4.69) is 15.6 Å². The average molecular weight is 309 g/mol. The predicted octanol–water partition coefficient (Wildman–Crippen LogP) is 2.43. The first-order valence-electron chi connectivity index (χ1n) is 5.49. The average Bonchev–Trinajstić information content (AvgIpc) is 2.37. The van der Waals surface area contributed by atoms with Gasteiger partial charge in [-0.05, 0) is 24.4 Å². The first kappa shape index (κ1) is 16.0. The second kappa shape index (κ2) is 7.54. The van der Waals surface area contributed by atoms with Crippen LogP contribution < -0.4 is 10.6 Å². The van der Waals surface area contributed by atoms with Crippen LogP contribution in [0.2, 0.25) is 0 Å². The summed E-state index contributed by atoms with van der Waals surface area (Å²) in [6, 6.07) is 2.46. The van der Waals surface area contributed by atoms with Gasteiger partial charge < -0.3 is 10.6 Å². The summed E-state index contributed by atoms with van der Waals surface area (Å²) in [5.41, 5.74) is -0.0866. The maximum Gasteiger partial charge on any atom is 0.417 e. The van der Waals surface area contributed by atoms with Crippen molar-refractivity contribution in [3.05, 3.63) is 29.6 Å². The van der Waals surface area contributed by atoms with Crippen LogP contribution >= 0.6 is 24.0 Å². The number of halogens is 3. The van der Waals surface area contributed by atoms with Crippen LogP contribution in [-0.4, -0.2) is 29.4 Å². The summed E-state index contributed by atoms with van der Waals surface area (Å²) in [5, 5.41) is 6.34. The molecule has 1 rings (SSSR count). The Bertz CT molecular complexity index is 407. The highest BCUT2D eigenvalue weighted by molar-refractivity contribution is 7.98. The number of rotatable bonds is 5. The van der Waals surface area contributed by atoms with E-state index >= 15 is 0 Å². The lowest BCUT2D eigenvalue weighted by Crippen LogP contribution is -2.33. The molecule has 1 aromatic heterocycles. The van der Waals surface area contributed by atoms with Gasteiger partial charge >= 0.3 is 6.18 Å². The molecule has 19 heavy (non-hydrogen) atoms. The van der Waals surface area contributed by atoms with Crippen LogP contribution in [0.4, 0.5) is 13.2 Å². The standard InChI is InChI=1S/C11H14F3N3S2/c1-15-10(18)16-4-5-19-7-9-3-2-8(6-17-9)11(12,13)14/h2-3,6H,4-5,7H2,1H3,(H2,15,16,18). The molecule has 0 aliphatic heterocycles. The zero-order valence-corrected chi connectivity index (χ0v) is 11.9. The fraction of sp³-hybridized carbons (Fsp3) is 0.455. The van der Waals surface area contributed by atoms with Crippen LogP contribution in [0, 0.1) is 0 Å². The number of alkyl halides is 3. The summed E-state index contributed by atoms with van der Waals surface area (Å²) in [6.07, 6.45) is -3.46.